The molecule has 1 fully saturated rings. The molecule has 19 heavy (non-hydrogen) atoms. The first-order chi connectivity index (χ1) is 8.82. The Morgan fingerprint density at radius 3 is 2.79 bits per heavy atom. The smallest absolute Gasteiger partial charge is 0.0933 e. The van der Waals surface area contributed by atoms with Gasteiger partial charge in [-0.1, -0.05) is 34.6 Å². The molecule has 1 aliphatic rings. The fourth-order valence-electron chi connectivity index (χ4n) is 3.05. The van der Waals surface area contributed by atoms with Crippen LogP contribution in [0.5, 0.6) is 0 Å². The van der Waals surface area contributed by atoms with E-state index in [1.165, 1.54) is 30.0 Å². The number of nitrogens with zero attached hydrogens (tertiary/aromatic N) is 1. The largest absolute Gasteiger partial charge is 0.314 e. The van der Waals surface area contributed by atoms with E-state index in [9.17, 15) is 0 Å². The second-order valence-electron chi connectivity index (χ2n) is 7.36. The average Bonchev–Trinajstić information content (AvgIpc) is 2.86. The van der Waals surface area contributed by atoms with E-state index in [-0.39, 0.29) is 5.41 Å². The van der Waals surface area contributed by atoms with Crippen molar-refractivity contribution >= 4 is 11.3 Å². The molecule has 0 saturated heterocycles. The molecule has 2 unspecified atom stereocenters. The first kappa shape index (κ1) is 15.0. The molecule has 1 N–H and O–H groups in total. The normalized spacial score (nSPS) is 27.9. The van der Waals surface area contributed by atoms with Crippen LogP contribution in [0.15, 0.2) is 5.38 Å². The van der Waals surface area contributed by atoms with Crippen LogP contribution in [-0.2, 0) is 11.8 Å². The summed E-state index contributed by atoms with van der Waals surface area (Å²) in [6.07, 6.45) is 5.10. The van der Waals surface area contributed by atoms with E-state index in [0.717, 1.165) is 19.0 Å². The zero-order valence-corrected chi connectivity index (χ0v) is 13.9. The van der Waals surface area contributed by atoms with Crippen LogP contribution >= 0.6 is 11.3 Å². The summed E-state index contributed by atoms with van der Waals surface area (Å²) in [5.74, 6) is 0. The Balaban J connectivity index is 1.99. The van der Waals surface area contributed by atoms with Crippen LogP contribution in [0.3, 0.4) is 0 Å². The van der Waals surface area contributed by atoms with Gasteiger partial charge in [-0.3, -0.25) is 0 Å². The predicted octanol–water partition coefficient (Wildman–Crippen LogP) is 4.15. The van der Waals surface area contributed by atoms with Crippen LogP contribution < -0.4 is 5.32 Å². The van der Waals surface area contributed by atoms with Crippen LogP contribution in [-0.4, -0.2) is 17.6 Å². The van der Waals surface area contributed by atoms with Crippen LogP contribution in [0.1, 0.15) is 64.6 Å². The quantitative estimate of drug-likeness (QED) is 0.896. The Hall–Kier alpha value is -0.410. The number of hydrogen-bond donors (Lipinski definition) is 1. The number of thiazole rings is 1. The Kier molecular flexibility index (Phi) is 4.36. The van der Waals surface area contributed by atoms with Crippen molar-refractivity contribution in [2.24, 2.45) is 5.41 Å². The first-order valence-corrected chi connectivity index (χ1v) is 8.39. The Morgan fingerprint density at radius 2 is 2.21 bits per heavy atom. The van der Waals surface area contributed by atoms with Gasteiger partial charge in [0.25, 0.3) is 0 Å². The van der Waals surface area contributed by atoms with Gasteiger partial charge in [-0.2, -0.15) is 0 Å². The summed E-state index contributed by atoms with van der Waals surface area (Å²) in [7, 11) is 0. The van der Waals surface area contributed by atoms with Gasteiger partial charge in [0.15, 0.2) is 0 Å². The highest BCUT2D eigenvalue weighted by atomic mass is 32.1. The summed E-state index contributed by atoms with van der Waals surface area (Å²) in [5, 5.41) is 7.17. The molecule has 108 valence electrons. The van der Waals surface area contributed by atoms with Crippen molar-refractivity contribution in [1.29, 1.82) is 0 Å². The molecule has 1 aromatic heterocycles. The van der Waals surface area contributed by atoms with Crippen molar-refractivity contribution in [1.82, 2.24) is 10.3 Å². The maximum Gasteiger partial charge on any atom is 0.0933 e. The maximum atomic E-state index is 4.86. The molecule has 2 rings (SSSR count). The summed E-state index contributed by atoms with van der Waals surface area (Å²) in [4.78, 5) is 4.86. The second kappa shape index (κ2) is 5.53. The zero-order chi connectivity index (χ0) is 14.1. The monoisotopic (exact) mass is 280 g/mol. The van der Waals surface area contributed by atoms with Crippen LogP contribution in [0.25, 0.3) is 0 Å². The molecule has 1 heterocycles. The van der Waals surface area contributed by atoms with E-state index in [1.807, 2.05) is 11.3 Å². The summed E-state index contributed by atoms with van der Waals surface area (Å²) in [6.45, 7) is 12.4. The van der Waals surface area contributed by atoms with Gasteiger partial charge in [-0.15, -0.1) is 11.3 Å². The summed E-state index contributed by atoms with van der Waals surface area (Å²) >= 11 is 1.84. The van der Waals surface area contributed by atoms with Gasteiger partial charge in [0.2, 0.25) is 0 Å². The zero-order valence-electron chi connectivity index (χ0n) is 13.0. The van der Waals surface area contributed by atoms with E-state index < -0.39 is 0 Å². The Bertz CT molecular complexity index is 419. The molecule has 0 radical (unpaired) electrons. The highest BCUT2D eigenvalue weighted by molar-refractivity contribution is 7.09. The SMILES string of the molecule is CCNC1CCC(C)(Cc2nc(C(C)(C)C)cs2)C1. The molecule has 2 nitrogen and oxygen atoms in total. The first-order valence-electron chi connectivity index (χ1n) is 7.51. The van der Waals surface area contributed by atoms with Crippen molar-refractivity contribution in [3.05, 3.63) is 16.1 Å². The highest BCUT2D eigenvalue weighted by Gasteiger charge is 2.35. The van der Waals surface area contributed by atoms with Gasteiger partial charge in [0.05, 0.1) is 10.7 Å². The van der Waals surface area contributed by atoms with Gasteiger partial charge < -0.3 is 5.32 Å². The third kappa shape index (κ3) is 3.79. The van der Waals surface area contributed by atoms with Crippen molar-refractivity contribution in [2.75, 3.05) is 6.54 Å². The second-order valence-corrected chi connectivity index (χ2v) is 8.30. The van der Waals surface area contributed by atoms with E-state index in [2.05, 4.69) is 45.3 Å². The number of rotatable bonds is 4. The highest BCUT2D eigenvalue weighted by Crippen LogP contribution is 2.41. The lowest BCUT2D eigenvalue weighted by molar-refractivity contribution is 0.321. The molecular weight excluding hydrogens is 252 g/mol. The van der Waals surface area contributed by atoms with E-state index in [0.29, 0.717) is 5.41 Å². The fraction of sp³-hybridized carbons (Fsp3) is 0.812. The topological polar surface area (TPSA) is 24.9 Å². The third-order valence-corrected chi connectivity index (χ3v) is 5.08. The molecule has 0 aliphatic heterocycles. The lowest BCUT2D eigenvalue weighted by Gasteiger charge is -2.23. The van der Waals surface area contributed by atoms with Crippen molar-refractivity contribution in [2.45, 2.75) is 71.8 Å². The van der Waals surface area contributed by atoms with Gasteiger partial charge >= 0.3 is 0 Å². The van der Waals surface area contributed by atoms with Gasteiger partial charge in [0.1, 0.15) is 0 Å². The van der Waals surface area contributed by atoms with Gasteiger partial charge in [-0.25, -0.2) is 4.98 Å². The minimum atomic E-state index is 0.178. The number of hydrogen-bond acceptors (Lipinski definition) is 3. The predicted molar refractivity (Wildman–Crippen MR) is 83.9 cm³/mol. The van der Waals surface area contributed by atoms with Gasteiger partial charge in [-0.05, 0) is 31.2 Å². The molecule has 1 aromatic rings. The standard InChI is InChI=1S/C16H28N2S/c1-6-17-12-7-8-16(5,9-12)10-14-18-13(11-19-14)15(2,3)4/h11-12,17H,6-10H2,1-5H3. The summed E-state index contributed by atoms with van der Waals surface area (Å²) < 4.78 is 0. The number of aromatic nitrogens is 1. The molecular formula is C16H28N2S. The Labute approximate surface area is 122 Å². The third-order valence-electron chi connectivity index (χ3n) is 4.23. The average molecular weight is 280 g/mol. The molecule has 0 spiro atoms. The van der Waals surface area contributed by atoms with Crippen molar-refractivity contribution in [3.8, 4) is 0 Å². The molecule has 0 bridgehead atoms. The van der Waals surface area contributed by atoms with Crippen LogP contribution in [0.4, 0.5) is 0 Å². The molecule has 2 atom stereocenters. The Morgan fingerprint density at radius 1 is 1.47 bits per heavy atom. The lowest BCUT2D eigenvalue weighted by Crippen LogP contribution is -2.28. The minimum Gasteiger partial charge on any atom is -0.314 e. The molecule has 1 saturated carbocycles. The van der Waals surface area contributed by atoms with Gasteiger partial charge in [0, 0.05) is 23.3 Å². The maximum absolute atomic E-state index is 4.86. The number of nitrogens with one attached hydrogen (secondary N) is 1. The summed E-state index contributed by atoms with van der Waals surface area (Å²) in [5.41, 5.74) is 1.87. The lowest BCUT2D eigenvalue weighted by atomic mass is 9.85. The van der Waals surface area contributed by atoms with Crippen LogP contribution in [0.2, 0.25) is 0 Å². The summed E-state index contributed by atoms with van der Waals surface area (Å²) in [6, 6.07) is 0.719. The van der Waals surface area contributed by atoms with E-state index in [1.54, 1.807) is 0 Å². The molecule has 0 amide bonds. The van der Waals surface area contributed by atoms with Crippen molar-refractivity contribution in [3.63, 3.8) is 0 Å². The molecule has 0 aromatic carbocycles. The molecule has 3 heteroatoms. The minimum absolute atomic E-state index is 0.178. The van der Waals surface area contributed by atoms with E-state index >= 15 is 0 Å². The van der Waals surface area contributed by atoms with Crippen molar-refractivity contribution < 1.29 is 0 Å². The fourth-order valence-corrected chi connectivity index (χ4v) is 4.28. The van der Waals surface area contributed by atoms with Crippen LogP contribution in [0, 0.1) is 5.41 Å². The van der Waals surface area contributed by atoms with E-state index in [4.69, 9.17) is 4.98 Å². The molecule has 1 aliphatic carbocycles.